The molecule has 0 saturated carbocycles. The van der Waals surface area contributed by atoms with Crippen LogP contribution in [0.5, 0.6) is 0 Å². The summed E-state index contributed by atoms with van der Waals surface area (Å²) in [5.41, 5.74) is 0.262. The first-order valence-corrected chi connectivity index (χ1v) is 10.2. The topological polar surface area (TPSA) is 127 Å². The smallest absolute Gasteiger partial charge is 0.341 e. The third-order valence-electron chi connectivity index (χ3n) is 5.16. The normalized spacial score (nSPS) is 28.1. The summed E-state index contributed by atoms with van der Waals surface area (Å²) in [5, 5.41) is 8.03. The lowest BCUT2D eigenvalue weighted by Crippen LogP contribution is -2.64. The number of esters is 2. The van der Waals surface area contributed by atoms with E-state index in [0.29, 0.717) is 0 Å². The molecule has 1 N–H and O–H groups in total. The van der Waals surface area contributed by atoms with E-state index in [1.807, 2.05) is 0 Å². The van der Waals surface area contributed by atoms with E-state index < -0.39 is 62.7 Å². The van der Waals surface area contributed by atoms with Gasteiger partial charge in [-0.05, 0) is 26.0 Å². The molecule has 2 aliphatic rings. The molecule has 2 aliphatic heterocycles. The minimum atomic E-state index is -3.92. The van der Waals surface area contributed by atoms with Crippen molar-refractivity contribution in [3.63, 3.8) is 0 Å². The highest BCUT2D eigenvalue weighted by molar-refractivity contribution is 7.93. The second-order valence-electron chi connectivity index (χ2n) is 7.25. The van der Waals surface area contributed by atoms with Crippen LogP contribution in [0.2, 0.25) is 0 Å². The SMILES string of the molecule is C[C@@H](OC(=O)c1ccccc1)OC(=O)[C@@H]1N2C(=O)[C@@H](CO)[C@H]2S(=O)(=O)C1(C)C. The van der Waals surface area contributed by atoms with Gasteiger partial charge in [-0.1, -0.05) is 18.2 Å². The maximum atomic E-state index is 12.8. The van der Waals surface area contributed by atoms with Crippen molar-refractivity contribution in [1.82, 2.24) is 4.90 Å². The van der Waals surface area contributed by atoms with Crippen LogP contribution in [-0.2, 0) is 28.9 Å². The van der Waals surface area contributed by atoms with Crippen LogP contribution < -0.4 is 0 Å². The van der Waals surface area contributed by atoms with Gasteiger partial charge in [-0.25, -0.2) is 18.0 Å². The van der Waals surface area contributed by atoms with Crippen LogP contribution in [0.25, 0.3) is 0 Å². The fourth-order valence-electron chi connectivity index (χ4n) is 3.60. The second kappa shape index (κ2) is 6.85. The number of aliphatic hydroxyl groups is 1. The number of hydrogen-bond acceptors (Lipinski definition) is 8. The number of aliphatic hydroxyl groups excluding tert-OH is 1. The van der Waals surface area contributed by atoms with Gasteiger partial charge in [0.1, 0.15) is 11.4 Å². The number of hydrogen-bond donors (Lipinski definition) is 1. The number of fused-ring (bicyclic) bond motifs is 1. The Labute approximate surface area is 162 Å². The monoisotopic (exact) mass is 411 g/mol. The predicted molar refractivity (Wildman–Crippen MR) is 95.4 cm³/mol. The van der Waals surface area contributed by atoms with Gasteiger partial charge in [0, 0.05) is 6.92 Å². The number of rotatable bonds is 5. The summed E-state index contributed by atoms with van der Waals surface area (Å²) in [7, 11) is -3.92. The van der Waals surface area contributed by atoms with Crippen molar-refractivity contribution in [2.24, 2.45) is 5.92 Å². The molecule has 10 heteroatoms. The van der Waals surface area contributed by atoms with Crippen LogP contribution in [0.15, 0.2) is 30.3 Å². The summed E-state index contributed by atoms with van der Waals surface area (Å²) in [4.78, 5) is 37.9. The summed E-state index contributed by atoms with van der Waals surface area (Å²) in [6.07, 6.45) is -1.29. The van der Waals surface area contributed by atoms with E-state index in [2.05, 4.69) is 0 Å². The van der Waals surface area contributed by atoms with E-state index in [1.54, 1.807) is 18.2 Å². The Bertz CT molecular complexity index is 911. The molecule has 4 atom stereocenters. The van der Waals surface area contributed by atoms with Gasteiger partial charge in [0.2, 0.25) is 12.2 Å². The molecule has 1 aromatic carbocycles. The van der Waals surface area contributed by atoms with Gasteiger partial charge in [0.05, 0.1) is 22.8 Å². The molecule has 2 fully saturated rings. The molecular weight excluding hydrogens is 390 g/mol. The first-order chi connectivity index (χ1) is 13.0. The molecule has 0 unspecified atom stereocenters. The van der Waals surface area contributed by atoms with Gasteiger partial charge in [0.25, 0.3) is 0 Å². The van der Waals surface area contributed by atoms with E-state index in [9.17, 15) is 27.9 Å². The Balaban J connectivity index is 1.75. The number of benzene rings is 1. The van der Waals surface area contributed by atoms with E-state index >= 15 is 0 Å². The molecule has 0 spiro atoms. The molecule has 0 radical (unpaired) electrons. The molecule has 1 amide bonds. The van der Waals surface area contributed by atoms with E-state index in [-0.39, 0.29) is 5.56 Å². The van der Waals surface area contributed by atoms with Crippen LogP contribution in [0.4, 0.5) is 0 Å². The zero-order valence-corrected chi connectivity index (χ0v) is 16.4. The minimum absolute atomic E-state index is 0.262. The molecule has 152 valence electrons. The third-order valence-corrected chi connectivity index (χ3v) is 8.04. The molecule has 2 saturated heterocycles. The number of nitrogens with zero attached hydrogens (tertiary/aromatic N) is 1. The molecule has 1 aromatic rings. The third kappa shape index (κ3) is 2.87. The summed E-state index contributed by atoms with van der Waals surface area (Å²) in [6, 6.07) is 6.68. The number of carbonyl (C=O) groups excluding carboxylic acids is 3. The van der Waals surface area contributed by atoms with Gasteiger partial charge in [-0.15, -0.1) is 0 Å². The quantitative estimate of drug-likeness (QED) is 0.410. The number of amides is 1. The number of carbonyl (C=O) groups is 3. The zero-order valence-electron chi connectivity index (χ0n) is 15.6. The molecule has 0 aromatic heterocycles. The van der Waals surface area contributed by atoms with E-state index in [4.69, 9.17) is 9.47 Å². The van der Waals surface area contributed by atoms with Crippen molar-refractivity contribution < 1.29 is 37.4 Å². The maximum Gasteiger partial charge on any atom is 0.341 e. The number of β-lactam (4-membered cyclic amide) rings is 1. The van der Waals surface area contributed by atoms with Crippen LogP contribution in [0, 0.1) is 5.92 Å². The summed E-state index contributed by atoms with van der Waals surface area (Å²) >= 11 is 0. The summed E-state index contributed by atoms with van der Waals surface area (Å²) < 4.78 is 34.1. The van der Waals surface area contributed by atoms with Crippen molar-refractivity contribution in [2.45, 2.75) is 43.2 Å². The molecule has 9 nitrogen and oxygen atoms in total. The molecular formula is C18H21NO8S. The van der Waals surface area contributed by atoms with Crippen molar-refractivity contribution in [3.8, 4) is 0 Å². The van der Waals surface area contributed by atoms with Crippen LogP contribution >= 0.6 is 0 Å². The molecule has 0 aliphatic carbocycles. The Hall–Kier alpha value is -2.46. The average molecular weight is 411 g/mol. The van der Waals surface area contributed by atoms with Crippen LogP contribution in [0.1, 0.15) is 31.1 Å². The number of ether oxygens (including phenoxy) is 2. The van der Waals surface area contributed by atoms with Crippen molar-refractivity contribution >= 4 is 27.7 Å². The van der Waals surface area contributed by atoms with Crippen molar-refractivity contribution in [3.05, 3.63) is 35.9 Å². The van der Waals surface area contributed by atoms with Gasteiger partial charge in [0.15, 0.2) is 9.84 Å². The second-order valence-corrected chi connectivity index (χ2v) is 9.88. The highest BCUT2D eigenvalue weighted by Gasteiger charge is 2.72. The Morgan fingerprint density at radius 3 is 2.39 bits per heavy atom. The lowest BCUT2D eigenvalue weighted by Gasteiger charge is -2.42. The average Bonchev–Trinajstić information content (AvgIpc) is 2.77. The molecule has 2 heterocycles. The largest absolute Gasteiger partial charge is 0.424 e. The van der Waals surface area contributed by atoms with E-state index in [0.717, 1.165) is 4.90 Å². The fraction of sp³-hybridized carbons (Fsp3) is 0.500. The summed E-state index contributed by atoms with van der Waals surface area (Å²) in [6.45, 7) is 3.35. The predicted octanol–water partition coefficient (Wildman–Crippen LogP) is 0.0850. The molecule has 0 bridgehead atoms. The maximum absolute atomic E-state index is 12.8. The fourth-order valence-corrected chi connectivity index (χ4v) is 5.91. The van der Waals surface area contributed by atoms with Crippen molar-refractivity contribution in [1.29, 1.82) is 0 Å². The Morgan fingerprint density at radius 2 is 1.82 bits per heavy atom. The Morgan fingerprint density at radius 1 is 1.21 bits per heavy atom. The minimum Gasteiger partial charge on any atom is -0.424 e. The van der Waals surface area contributed by atoms with E-state index in [1.165, 1.54) is 32.9 Å². The molecule has 28 heavy (non-hydrogen) atoms. The van der Waals surface area contributed by atoms with Gasteiger partial charge >= 0.3 is 11.9 Å². The molecule has 3 rings (SSSR count). The summed E-state index contributed by atoms with van der Waals surface area (Å²) in [5.74, 6) is -3.42. The lowest BCUT2D eigenvalue weighted by atomic mass is 9.92. The highest BCUT2D eigenvalue weighted by Crippen LogP contribution is 2.48. The van der Waals surface area contributed by atoms with Crippen LogP contribution in [-0.4, -0.2) is 65.3 Å². The van der Waals surface area contributed by atoms with Gasteiger partial charge in [-0.2, -0.15) is 0 Å². The number of sulfone groups is 1. The Kier molecular flexibility index (Phi) is 4.96. The van der Waals surface area contributed by atoms with Crippen molar-refractivity contribution in [2.75, 3.05) is 6.61 Å². The highest BCUT2D eigenvalue weighted by atomic mass is 32.2. The standard InChI is InChI=1S/C18H21NO8S/c1-10(26-16(22)11-7-5-4-6-8-11)27-17(23)13-18(2,3)28(24,25)15-12(9-20)14(21)19(13)15/h4-8,10,12-13,15,20H,9H2,1-3H3/t10-,12+,13-,15+/m0/s1. The first-order valence-electron chi connectivity index (χ1n) is 8.67. The van der Waals surface area contributed by atoms with Gasteiger partial charge < -0.3 is 19.5 Å². The zero-order chi connectivity index (χ0) is 20.9. The first kappa shape index (κ1) is 20.3. The lowest BCUT2D eigenvalue weighted by molar-refractivity contribution is -0.181. The van der Waals surface area contributed by atoms with Crippen LogP contribution in [0.3, 0.4) is 0 Å². The van der Waals surface area contributed by atoms with Gasteiger partial charge in [-0.3, -0.25) is 4.79 Å².